The van der Waals surface area contributed by atoms with Crippen molar-refractivity contribution >= 4 is 11.9 Å². The summed E-state index contributed by atoms with van der Waals surface area (Å²) in [5, 5.41) is 12.0. The third-order valence-electron chi connectivity index (χ3n) is 3.86. The predicted molar refractivity (Wildman–Crippen MR) is 69.3 cm³/mol. The molecule has 0 aromatic rings. The molecular formula is C13H24N2O3. The van der Waals surface area contributed by atoms with Gasteiger partial charge in [0.2, 0.25) is 5.91 Å². The summed E-state index contributed by atoms with van der Waals surface area (Å²) < 4.78 is 0. The van der Waals surface area contributed by atoms with Crippen LogP contribution in [0, 0.1) is 5.41 Å². The summed E-state index contributed by atoms with van der Waals surface area (Å²) >= 11 is 0. The number of piperidine rings is 1. The maximum absolute atomic E-state index is 11.7. The fourth-order valence-corrected chi connectivity index (χ4v) is 2.04. The van der Waals surface area contributed by atoms with Crippen LogP contribution in [0.1, 0.15) is 40.0 Å². The molecule has 1 rings (SSSR count). The van der Waals surface area contributed by atoms with Crippen LogP contribution >= 0.6 is 0 Å². The zero-order valence-electron chi connectivity index (χ0n) is 11.5. The largest absolute Gasteiger partial charge is 0.481 e. The van der Waals surface area contributed by atoms with Crippen LogP contribution in [0.15, 0.2) is 0 Å². The molecule has 5 heteroatoms. The number of carbonyl (C=O) groups excluding carboxylic acids is 1. The Balaban J connectivity index is 2.36. The van der Waals surface area contributed by atoms with E-state index in [0.717, 1.165) is 6.42 Å². The minimum Gasteiger partial charge on any atom is -0.481 e. The van der Waals surface area contributed by atoms with Crippen molar-refractivity contribution in [1.82, 2.24) is 10.2 Å². The molecule has 1 atom stereocenters. The predicted octanol–water partition coefficient (Wildman–Crippen LogP) is 1.09. The molecule has 0 bridgehead atoms. The second-order valence-corrected chi connectivity index (χ2v) is 5.52. The molecule has 0 aliphatic carbocycles. The number of nitrogens with zero attached hydrogens (tertiary/aromatic N) is 1. The van der Waals surface area contributed by atoms with Crippen LogP contribution in [-0.2, 0) is 9.59 Å². The van der Waals surface area contributed by atoms with E-state index in [1.54, 1.807) is 6.92 Å². The highest BCUT2D eigenvalue weighted by atomic mass is 16.4. The Morgan fingerprint density at radius 3 is 2.39 bits per heavy atom. The molecule has 18 heavy (non-hydrogen) atoms. The SMILES string of the molecule is CCC(C)NC(=O)CN1CCC(C)(C(=O)O)CC1. The maximum atomic E-state index is 11.7. The van der Waals surface area contributed by atoms with Gasteiger partial charge in [-0.3, -0.25) is 14.5 Å². The lowest BCUT2D eigenvalue weighted by Crippen LogP contribution is -2.47. The lowest BCUT2D eigenvalue weighted by molar-refractivity contribution is -0.150. The number of hydrogen-bond donors (Lipinski definition) is 2. The minimum atomic E-state index is -0.730. The normalized spacial score (nSPS) is 21.3. The molecular weight excluding hydrogens is 232 g/mol. The van der Waals surface area contributed by atoms with Gasteiger partial charge < -0.3 is 10.4 Å². The smallest absolute Gasteiger partial charge is 0.309 e. The number of carboxylic acids is 1. The maximum Gasteiger partial charge on any atom is 0.309 e. The van der Waals surface area contributed by atoms with Crippen molar-refractivity contribution in [1.29, 1.82) is 0 Å². The molecule has 1 heterocycles. The highest BCUT2D eigenvalue weighted by Crippen LogP contribution is 2.30. The number of carboxylic acid groups (broad SMARTS) is 1. The molecule has 104 valence electrons. The molecule has 1 aliphatic heterocycles. The summed E-state index contributed by atoms with van der Waals surface area (Å²) in [5.41, 5.74) is -0.621. The van der Waals surface area contributed by atoms with E-state index in [1.165, 1.54) is 0 Å². The number of aliphatic carboxylic acids is 1. The first-order valence-electron chi connectivity index (χ1n) is 6.62. The van der Waals surface area contributed by atoms with Gasteiger partial charge in [0.05, 0.1) is 12.0 Å². The van der Waals surface area contributed by atoms with Gasteiger partial charge in [-0.2, -0.15) is 0 Å². The summed E-state index contributed by atoms with van der Waals surface area (Å²) in [6, 6.07) is 0.201. The highest BCUT2D eigenvalue weighted by molar-refractivity contribution is 5.78. The third kappa shape index (κ3) is 3.98. The Morgan fingerprint density at radius 1 is 1.39 bits per heavy atom. The van der Waals surface area contributed by atoms with E-state index in [2.05, 4.69) is 5.32 Å². The van der Waals surface area contributed by atoms with Gasteiger partial charge in [0.1, 0.15) is 0 Å². The van der Waals surface area contributed by atoms with E-state index in [0.29, 0.717) is 32.5 Å². The average Bonchev–Trinajstić information content (AvgIpc) is 2.32. The summed E-state index contributed by atoms with van der Waals surface area (Å²) in [6.07, 6.45) is 2.14. The fraction of sp³-hybridized carbons (Fsp3) is 0.846. The van der Waals surface area contributed by atoms with Gasteiger partial charge >= 0.3 is 5.97 Å². The standard InChI is InChI=1S/C13H24N2O3/c1-4-10(2)14-11(16)9-15-7-5-13(3,6-8-15)12(17)18/h10H,4-9H2,1-3H3,(H,14,16)(H,17,18). The molecule has 1 unspecified atom stereocenters. The van der Waals surface area contributed by atoms with Crippen molar-refractivity contribution < 1.29 is 14.7 Å². The fourth-order valence-electron chi connectivity index (χ4n) is 2.04. The van der Waals surface area contributed by atoms with Gasteiger partial charge in [0.25, 0.3) is 0 Å². The Hall–Kier alpha value is -1.10. The minimum absolute atomic E-state index is 0.0308. The Kier molecular flexibility index (Phi) is 5.14. The van der Waals surface area contributed by atoms with Crippen LogP contribution in [0.4, 0.5) is 0 Å². The lowest BCUT2D eigenvalue weighted by Gasteiger charge is -2.36. The topological polar surface area (TPSA) is 69.6 Å². The van der Waals surface area contributed by atoms with Crippen LogP contribution in [-0.4, -0.2) is 47.6 Å². The molecule has 1 saturated heterocycles. The molecule has 0 aromatic heterocycles. The van der Waals surface area contributed by atoms with Crippen molar-refractivity contribution in [2.24, 2.45) is 5.41 Å². The van der Waals surface area contributed by atoms with Crippen molar-refractivity contribution in [3.63, 3.8) is 0 Å². The number of amides is 1. The Bertz CT molecular complexity index is 309. The zero-order chi connectivity index (χ0) is 13.8. The summed E-state index contributed by atoms with van der Waals surface area (Å²) in [7, 11) is 0. The monoisotopic (exact) mass is 256 g/mol. The first kappa shape index (κ1) is 15.0. The number of nitrogens with one attached hydrogen (secondary N) is 1. The number of hydrogen-bond acceptors (Lipinski definition) is 3. The van der Waals surface area contributed by atoms with Gasteiger partial charge in [0, 0.05) is 6.04 Å². The van der Waals surface area contributed by atoms with Gasteiger partial charge in [-0.25, -0.2) is 0 Å². The molecule has 1 aliphatic rings. The highest BCUT2D eigenvalue weighted by Gasteiger charge is 2.37. The number of rotatable bonds is 5. The molecule has 1 fully saturated rings. The van der Waals surface area contributed by atoms with Crippen LogP contribution in [0.2, 0.25) is 0 Å². The third-order valence-corrected chi connectivity index (χ3v) is 3.86. The second-order valence-electron chi connectivity index (χ2n) is 5.52. The van der Waals surface area contributed by atoms with Crippen molar-refractivity contribution in [3.8, 4) is 0 Å². The second kappa shape index (κ2) is 6.18. The van der Waals surface area contributed by atoms with Crippen LogP contribution in [0.5, 0.6) is 0 Å². The van der Waals surface area contributed by atoms with E-state index in [-0.39, 0.29) is 11.9 Å². The quantitative estimate of drug-likeness (QED) is 0.772. The first-order valence-corrected chi connectivity index (χ1v) is 6.62. The summed E-state index contributed by atoms with van der Waals surface area (Å²) in [5.74, 6) is -0.700. The van der Waals surface area contributed by atoms with Crippen molar-refractivity contribution in [3.05, 3.63) is 0 Å². The molecule has 0 aromatic carbocycles. The lowest BCUT2D eigenvalue weighted by atomic mass is 9.80. The summed E-state index contributed by atoms with van der Waals surface area (Å²) in [6.45, 7) is 7.53. The van der Waals surface area contributed by atoms with E-state index >= 15 is 0 Å². The van der Waals surface area contributed by atoms with Gasteiger partial charge in [-0.1, -0.05) is 6.92 Å². The van der Waals surface area contributed by atoms with Crippen molar-refractivity contribution in [2.45, 2.75) is 46.1 Å². The number of likely N-dealkylation sites (tertiary alicyclic amines) is 1. The van der Waals surface area contributed by atoms with Crippen LogP contribution < -0.4 is 5.32 Å². The van der Waals surface area contributed by atoms with E-state index in [4.69, 9.17) is 5.11 Å². The van der Waals surface area contributed by atoms with E-state index in [9.17, 15) is 9.59 Å². The van der Waals surface area contributed by atoms with Gasteiger partial charge in [-0.05, 0) is 46.2 Å². The van der Waals surface area contributed by atoms with E-state index < -0.39 is 11.4 Å². The molecule has 1 amide bonds. The number of carbonyl (C=O) groups is 2. The molecule has 0 radical (unpaired) electrons. The first-order chi connectivity index (χ1) is 8.37. The Morgan fingerprint density at radius 2 is 1.94 bits per heavy atom. The van der Waals surface area contributed by atoms with E-state index in [1.807, 2.05) is 18.7 Å². The van der Waals surface area contributed by atoms with Crippen molar-refractivity contribution in [2.75, 3.05) is 19.6 Å². The average molecular weight is 256 g/mol. The molecule has 2 N–H and O–H groups in total. The van der Waals surface area contributed by atoms with Crippen LogP contribution in [0.25, 0.3) is 0 Å². The zero-order valence-corrected chi connectivity index (χ0v) is 11.5. The van der Waals surface area contributed by atoms with Gasteiger partial charge in [-0.15, -0.1) is 0 Å². The molecule has 0 saturated carbocycles. The summed E-state index contributed by atoms with van der Waals surface area (Å²) in [4.78, 5) is 24.8. The molecule has 0 spiro atoms. The van der Waals surface area contributed by atoms with Gasteiger partial charge in [0.15, 0.2) is 0 Å². The molecule has 5 nitrogen and oxygen atoms in total. The van der Waals surface area contributed by atoms with Crippen LogP contribution in [0.3, 0.4) is 0 Å². The Labute approximate surface area is 109 Å².